The van der Waals surface area contributed by atoms with Gasteiger partial charge >= 0.3 is 5.97 Å². The van der Waals surface area contributed by atoms with Crippen LogP contribution in [-0.2, 0) is 24.1 Å². The maximum Gasteiger partial charge on any atom is 0.320 e. The number of aromatic nitrogens is 1. The molecule has 0 radical (unpaired) electrons. The van der Waals surface area contributed by atoms with Crippen molar-refractivity contribution in [2.24, 2.45) is 5.73 Å². The molecule has 0 bridgehead atoms. The van der Waals surface area contributed by atoms with Crippen molar-refractivity contribution in [1.29, 1.82) is 0 Å². The van der Waals surface area contributed by atoms with Crippen molar-refractivity contribution in [3.8, 4) is 16.3 Å². The smallest absolute Gasteiger partial charge is 0.320 e. The number of aliphatic carboxylic acids is 1. The largest absolute Gasteiger partial charge is 0.493 e. The monoisotopic (exact) mass is 414 g/mol. The Kier molecular flexibility index (Phi) is 6.95. The molecule has 3 aromatic rings. The van der Waals surface area contributed by atoms with Gasteiger partial charge in [0.15, 0.2) is 0 Å². The number of hydrogen-bond acceptors (Lipinski definition) is 5. The summed E-state index contributed by atoms with van der Waals surface area (Å²) in [4.78, 5) is 16.8. The Hall–Kier alpha value is -2.77. The quantitative estimate of drug-likeness (QED) is 0.551. The van der Waals surface area contributed by atoms with Gasteiger partial charge in [0.2, 0.25) is 0 Å². The van der Waals surface area contributed by atoms with Gasteiger partial charge in [0.25, 0.3) is 0 Å². The lowest BCUT2D eigenvalue weighted by Gasteiger charge is -2.09. The van der Waals surface area contributed by atoms with Crippen LogP contribution in [0.2, 0.25) is 0 Å². The van der Waals surface area contributed by atoms with Crippen molar-refractivity contribution < 1.29 is 19.0 Å². The van der Waals surface area contributed by atoms with Gasteiger partial charge in [-0.3, -0.25) is 4.79 Å². The fraction of sp³-hybridized carbons (Fsp3) is 0.273. The minimum Gasteiger partial charge on any atom is -0.493 e. The van der Waals surface area contributed by atoms with Gasteiger partial charge in [0, 0.05) is 16.9 Å². The van der Waals surface area contributed by atoms with E-state index in [0.717, 1.165) is 28.2 Å². The van der Waals surface area contributed by atoms with E-state index >= 15 is 0 Å². The Morgan fingerprint density at radius 3 is 2.52 bits per heavy atom. The number of ether oxygens (including phenoxy) is 1. The van der Waals surface area contributed by atoms with E-state index in [1.54, 1.807) is 23.5 Å². The number of thiazole rings is 1. The second kappa shape index (κ2) is 9.62. The van der Waals surface area contributed by atoms with Gasteiger partial charge in [-0.2, -0.15) is 0 Å². The third-order valence-corrected chi connectivity index (χ3v) is 5.79. The number of nitrogens with two attached hydrogens (primary N) is 1. The summed E-state index contributed by atoms with van der Waals surface area (Å²) in [5.41, 5.74) is 8.32. The van der Waals surface area contributed by atoms with Crippen molar-refractivity contribution in [1.82, 2.24) is 4.98 Å². The number of nitrogens with zero attached hydrogens (tertiary/aromatic N) is 1. The first kappa shape index (κ1) is 21.0. The van der Waals surface area contributed by atoms with Gasteiger partial charge in [-0.25, -0.2) is 9.37 Å². The molecule has 0 saturated heterocycles. The van der Waals surface area contributed by atoms with E-state index in [2.05, 4.69) is 6.92 Å². The van der Waals surface area contributed by atoms with Crippen LogP contribution in [0.15, 0.2) is 48.5 Å². The van der Waals surface area contributed by atoms with E-state index in [-0.39, 0.29) is 12.2 Å². The zero-order valence-corrected chi connectivity index (χ0v) is 16.9. The summed E-state index contributed by atoms with van der Waals surface area (Å²) >= 11 is 1.63. The normalized spacial score (nSPS) is 12.0. The Morgan fingerprint density at radius 1 is 1.21 bits per heavy atom. The molecule has 3 rings (SSSR count). The second-order valence-corrected chi connectivity index (χ2v) is 7.72. The Balaban J connectivity index is 1.58. The van der Waals surface area contributed by atoms with Crippen LogP contribution in [0.5, 0.6) is 5.75 Å². The summed E-state index contributed by atoms with van der Waals surface area (Å²) in [6.07, 6.45) is 1.83. The average molecular weight is 415 g/mol. The summed E-state index contributed by atoms with van der Waals surface area (Å²) < 4.78 is 19.0. The summed E-state index contributed by atoms with van der Waals surface area (Å²) in [5, 5.41) is 9.77. The van der Waals surface area contributed by atoms with Gasteiger partial charge in [0.1, 0.15) is 22.6 Å². The summed E-state index contributed by atoms with van der Waals surface area (Å²) in [6, 6.07) is 12.7. The molecule has 0 fully saturated rings. The van der Waals surface area contributed by atoms with Gasteiger partial charge in [-0.1, -0.05) is 19.1 Å². The van der Waals surface area contributed by atoms with Gasteiger partial charge in [0.05, 0.1) is 12.3 Å². The van der Waals surface area contributed by atoms with Crippen molar-refractivity contribution in [2.75, 3.05) is 6.61 Å². The molecular weight excluding hydrogens is 391 g/mol. The molecule has 1 aromatic heterocycles. The predicted octanol–water partition coefficient (Wildman–Crippen LogP) is 4.09. The van der Waals surface area contributed by atoms with Crippen molar-refractivity contribution >= 4 is 17.3 Å². The first-order valence-corrected chi connectivity index (χ1v) is 10.2. The summed E-state index contributed by atoms with van der Waals surface area (Å²) in [5.74, 6) is -0.560. The molecule has 7 heteroatoms. The molecule has 0 aliphatic rings. The van der Waals surface area contributed by atoms with Crippen LogP contribution in [0.25, 0.3) is 10.6 Å². The van der Waals surface area contributed by atoms with Crippen LogP contribution in [0.4, 0.5) is 4.39 Å². The Morgan fingerprint density at radius 2 is 1.90 bits per heavy atom. The van der Waals surface area contributed by atoms with Crippen LogP contribution in [0, 0.1) is 5.82 Å². The maximum absolute atomic E-state index is 13.1. The van der Waals surface area contributed by atoms with Crippen LogP contribution in [-0.4, -0.2) is 28.7 Å². The zero-order chi connectivity index (χ0) is 20.8. The zero-order valence-electron chi connectivity index (χ0n) is 16.1. The lowest BCUT2D eigenvalue weighted by molar-refractivity contribution is -0.138. The number of carbonyl (C=O) groups is 1. The van der Waals surface area contributed by atoms with Crippen LogP contribution >= 0.6 is 11.3 Å². The van der Waals surface area contributed by atoms with E-state index in [1.807, 2.05) is 24.3 Å². The fourth-order valence-corrected chi connectivity index (χ4v) is 3.95. The minimum atomic E-state index is -1.01. The first-order valence-electron chi connectivity index (χ1n) is 9.41. The number of carboxylic acid groups (broad SMARTS) is 1. The van der Waals surface area contributed by atoms with E-state index in [9.17, 15) is 9.18 Å². The third kappa shape index (κ3) is 5.62. The molecule has 1 atom stereocenters. The Bertz CT molecular complexity index is 955. The van der Waals surface area contributed by atoms with Crippen LogP contribution in [0.1, 0.15) is 23.1 Å². The lowest BCUT2D eigenvalue weighted by Crippen LogP contribution is -2.32. The number of benzene rings is 2. The molecule has 0 spiro atoms. The average Bonchev–Trinajstić information content (AvgIpc) is 3.13. The molecule has 0 aliphatic carbocycles. The van der Waals surface area contributed by atoms with Gasteiger partial charge in [-0.05, 0) is 54.8 Å². The predicted molar refractivity (Wildman–Crippen MR) is 112 cm³/mol. The van der Waals surface area contributed by atoms with Crippen molar-refractivity contribution in [3.63, 3.8) is 0 Å². The highest BCUT2D eigenvalue weighted by molar-refractivity contribution is 7.15. The molecule has 0 aliphatic heterocycles. The number of halogens is 1. The molecular formula is C22H23FN2O3S. The molecule has 152 valence electrons. The number of hydrogen-bond donors (Lipinski definition) is 2. The van der Waals surface area contributed by atoms with Gasteiger partial charge in [-0.15, -0.1) is 11.3 Å². The number of carboxylic acids is 1. The molecule has 1 heterocycles. The molecule has 0 amide bonds. The van der Waals surface area contributed by atoms with Gasteiger partial charge < -0.3 is 15.6 Å². The van der Waals surface area contributed by atoms with E-state index in [1.165, 1.54) is 17.0 Å². The Labute approximate surface area is 173 Å². The fourth-order valence-electron chi connectivity index (χ4n) is 2.90. The summed E-state index contributed by atoms with van der Waals surface area (Å²) in [6.45, 7) is 2.57. The first-order chi connectivity index (χ1) is 14.0. The molecule has 0 saturated carbocycles. The highest BCUT2D eigenvalue weighted by Crippen LogP contribution is 2.29. The lowest BCUT2D eigenvalue weighted by atomic mass is 10.1. The van der Waals surface area contributed by atoms with E-state index < -0.39 is 12.0 Å². The minimum absolute atomic E-state index is 0.259. The highest BCUT2D eigenvalue weighted by Gasteiger charge is 2.13. The van der Waals surface area contributed by atoms with Crippen LogP contribution in [0.3, 0.4) is 0 Å². The van der Waals surface area contributed by atoms with Crippen molar-refractivity contribution in [2.45, 2.75) is 32.2 Å². The molecule has 29 heavy (non-hydrogen) atoms. The molecule has 5 nitrogen and oxygen atoms in total. The molecule has 3 N–H and O–H groups in total. The third-order valence-electron chi connectivity index (χ3n) is 4.49. The second-order valence-electron chi connectivity index (χ2n) is 6.64. The topological polar surface area (TPSA) is 85.4 Å². The van der Waals surface area contributed by atoms with Crippen molar-refractivity contribution in [3.05, 3.63) is 70.5 Å². The van der Waals surface area contributed by atoms with Crippen LogP contribution < -0.4 is 10.5 Å². The summed E-state index contributed by atoms with van der Waals surface area (Å²) in [7, 11) is 0. The molecule has 0 unspecified atom stereocenters. The standard InChI is InChI=1S/C22H23FN2O3S/c1-2-20-19(25-21(29-20)15-5-7-16(23)8-6-15)11-12-28-17-9-3-14(4-10-17)13-18(24)22(26)27/h3-10,18H,2,11-13,24H2,1H3,(H,26,27)/t18-/m0/s1. The van der Waals surface area contributed by atoms with E-state index in [0.29, 0.717) is 18.8 Å². The van der Waals surface area contributed by atoms with E-state index in [4.69, 9.17) is 20.6 Å². The molecule has 2 aromatic carbocycles. The highest BCUT2D eigenvalue weighted by atomic mass is 32.1. The number of rotatable bonds is 9. The SMILES string of the molecule is CCc1sc(-c2ccc(F)cc2)nc1CCOc1ccc(C[C@H](N)C(=O)O)cc1. The number of aryl methyl sites for hydroxylation is 1. The maximum atomic E-state index is 13.1.